The van der Waals surface area contributed by atoms with Gasteiger partial charge in [-0.1, -0.05) is 28.9 Å². The topological polar surface area (TPSA) is 55.1 Å². The molecule has 0 unspecified atom stereocenters. The van der Waals surface area contributed by atoms with Gasteiger partial charge < -0.3 is 5.11 Å². The zero-order chi connectivity index (χ0) is 15.0. The monoisotopic (exact) mass is 344 g/mol. The van der Waals surface area contributed by atoms with Gasteiger partial charge in [-0.05, 0) is 42.3 Å². The van der Waals surface area contributed by atoms with Gasteiger partial charge in [-0.2, -0.15) is 0 Å². The zero-order valence-corrected chi connectivity index (χ0v) is 13.0. The van der Waals surface area contributed by atoms with E-state index in [1.807, 2.05) is 28.8 Å². The summed E-state index contributed by atoms with van der Waals surface area (Å²) in [6.45, 7) is 2.07. The largest absolute Gasteiger partial charge is 0.478 e. The average Bonchev–Trinajstić information content (AvgIpc) is 2.90. The number of para-hydroxylation sites is 1. The standard InChI is InChI=1S/C16H13BrN2O2/c1-2-10-8-11(17)6-7-14(10)19-9-18-13-5-3-4-12(15(13)19)16(20)21/h3-9H,2H2,1H3,(H,20,21). The Kier molecular flexibility index (Phi) is 3.51. The average molecular weight is 345 g/mol. The SMILES string of the molecule is CCc1cc(Br)ccc1-n1cnc2cccc(C(=O)O)c21. The third-order valence-electron chi connectivity index (χ3n) is 3.48. The summed E-state index contributed by atoms with van der Waals surface area (Å²) in [5.74, 6) is -0.947. The van der Waals surface area contributed by atoms with Gasteiger partial charge in [-0.15, -0.1) is 0 Å². The molecule has 1 N–H and O–H groups in total. The summed E-state index contributed by atoms with van der Waals surface area (Å²) in [6.07, 6.45) is 2.53. The minimum Gasteiger partial charge on any atom is -0.478 e. The third kappa shape index (κ3) is 2.34. The molecule has 3 rings (SSSR count). The molecule has 0 aliphatic carbocycles. The Balaban J connectivity index is 2.33. The van der Waals surface area contributed by atoms with Crippen LogP contribution in [-0.2, 0) is 6.42 Å². The lowest BCUT2D eigenvalue weighted by atomic mass is 10.1. The van der Waals surface area contributed by atoms with E-state index in [0.717, 1.165) is 22.1 Å². The molecule has 21 heavy (non-hydrogen) atoms. The van der Waals surface area contributed by atoms with Crippen molar-refractivity contribution >= 4 is 32.9 Å². The van der Waals surface area contributed by atoms with Crippen LogP contribution in [-0.4, -0.2) is 20.6 Å². The maximum Gasteiger partial charge on any atom is 0.337 e. The predicted octanol–water partition coefficient (Wildman–Crippen LogP) is 4.05. The highest BCUT2D eigenvalue weighted by atomic mass is 79.9. The molecule has 0 radical (unpaired) electrons. The number of aryl methyl sites for hydroxylation is 1. The number of benzene rings is 2. The summed E-state index contributed by atoms with van der Waals surface area (Å²) >= 11 is 3.47. The first kappa shape index (κ1) is 13.8. The van der Waals surface area contributed by atoms with Crippen molar-refractivity contribution in [1.29, 1.82) is 0 Å². The molecule has 4 nitrogen and oxygen atoms in total. The molecule has 0 spiro atoms. The number of halogens is 1. The second kappa shape index (κ2) is 5.33. The van der Waals surface area contributed by atoms with Gasteiger partial charge >= 0.3 is 5.97 Å². The van der Waals surface area contributed by atoms with Crippen LogP contribution in [0.5, 0.6) is 0 Å². The minimum atomic E-state index is -0.947. The highest BCUT2D eigenvalue weighted by Crippen LogP contribution is 2.26. The number of imidazole rings is 1. The number of carboxylic acid groups (broad SMARTS) is 1. The van der Waals surface area contributed by atoms with Crippen LogP contribution < -0.4 is 0 Å². The lowest BCUT2D eigenvalue weighted by molar-refractivity contribution is 0.0698. The van der Waals surface area contributed by atoms with Gasteiger partial charge in [0.15, 0.2) is 0 Å². The molecule has 0 saturated carbocycles. The van der Waals surface area contributed by atoms with Gasteiger partial charge in [-0.3, -0.25) is 4.57 Å². The molecule has 0 atom stereocenters. The van der Waals surface area contributed by atoms with Crippen molar-refractivity contribution in [3.63, 3.8) is 0 Å². The first-order chi connectivity index (χ1) is 10.1. The maximum absolute atomic E-state index is 11.5. The van der Waals surface area contributed by atoms with Crippen LogP contribution in [0.4, 0.5) is 0 Å². The first-order valence-corrected chi connectivity index (χ1v) is 7.39. The Morgan fingerprint density at radius 1 is 1.33 bits per heavy atom. The van der Waals surface area contributed by atoms with Crippen LogP contribution in [0.1, 0.15) is 22.8 Å². The van der Waals surface area contributed by atoms with Gasteiger partial charge in [0, 0.05) is 4.47 Å². The van der Waals surface area contributed by atoms with Crippen LogP contribution in [0.15, 0.2) is 47.2 Å². The van der Waals surface area contributed by atoms with Crippen molar-refractivity contribution in [3.8, 4) is 5.69 Å². The number of fused-ring (bicyclic) bond motifs is 1. The Morgan fingerprint density at radius 2 is 2.14 bits per heavy atom. The van der Waals surface area contributed by atoms with Crippen LogP contribution in [0.25, 0.3) is 16.7 Å². The third-order valence-corrected chi connectivity index (χ3v) is 3.97. The van der Waals surface area contributed by atoms with Gasteiger partial charge in [0.2, 0.25) is 0 Å². The summed E-state index contributed by atoms with van der Waals surface area (Å²) < 4.78 is 2.86. The molecule has 1 heterocycles. The molecule has 2 aromatic carbocycles. The van der Waals surface area contributed by atoms with Crippen LogP contribution >= 0.6 is 15.9 Å². The van der Waals surface area contributed by atoms with Crippen LogP contribution in [0.3, 0.4) is 0 Å². The molecule has 0 bridgehead atoms. The van der Waals surface area contributed by atoms with Gasteiger partial charge in [0.25, 0.3) is 0 Å². The molecule has 0 saturated heterocycles. The number of hydrogen-bond acceptors (Lipinski definition) is 2. The Hall–Kier alpha value is -2.14. The Morgan fingerprint density at radius 3 is 2.86 bits per heavy atom. The van der Waals surface area contributed by atoms with Crippen molar-refractivity contribution < 1.29 is 9.90 Å². The highest BCUT2D eigenvalue weighted by Gasteiger charge is 2.15. The number of carboxylic acids is 1. The normalized spacial score (nSPS) is 11.0. The molecular formula is C16H13BrN2O2. The van der Waals surface area contributed by atoms with E-state index in [2.05, 4.69) is 27.8 Å². The van der Waals surface area contributed by atoms with E-state index in [-0.39, 0.29) is 5.56 Å². The van der Waals surface area contributed by atoms with E-state index in [0.29, 0.717) is 11.0 Å². The smallest absolute Gasteiger partial charge is 0.337 e. The second-order valence-electron chi connectivity index (χ2n) is 4.72. The number of rotatable bonds is 3. The van der Waals surface area contributed by atoms with Crippen molar-refractivity contribution in [1.82, 2.24) is 9.55 Å². The number of hydrogen-bond donors (Lipinski definition) is 1. The van der Waals surface area contributed by atoms with Gasteiger partial charge in [0.05, 0.1) is 22.3 Å². The fourth-order valence-electron chi connectivity index (χ4n) is 2.49. The number of aromatic carboxylic acids is 1. The number of nitrogens with zero attached hydrogens (tertiary/aromatic N) is 2. The van der Waals surface area contributed by atoms with Gasteiger partial charge in [-0.25, -0.2) is 9.78 Å². The van der Waals surface area contributed by atoms with Crippen molar-refractivity contribution in [2.24, 2.45) is 0 Å². The lowest BCUT2D eigenvalue weighted by Crippen LogP contribution is -2.03. The molecule has 1 aromatic heterocycles. The van der Waals surface area contributed by atoms with E-state index in [1.165, 1.54) is 0 Å². The molecule has 0 aliphatic rings. The van der Waals surface area contributed by atoms with E-state index in [1.54, 1.807) is 18.5 Å². The molecular weight excluding hydrogens is 332 g/mol. The Labute approximate surface area is 130 Å². The predicted molar refractivity (Wildman–Crippen MR) is 85.1 cm³/mol. The summed E-state index contributed by atoms with van der Waals surface area (Å²) in [4.78, 5) is 15.8. The molecule has 5 heteroatoms. The van der Waals surface area contributed by atoms with E-state index in [9.17, 15) is 9.90 Å². The molecule has 3 aromatic rings. The quantitative estimate of drug-likeness (QED) is 0.779. The van der Waals surface area contributed by atoms with Gasteiger partial charge in [0.1, 0.15) is 6.33 Å². The highest BCUT2D eigenvalue weighted by molar-refractivity contribution is 9.10. The lowest BCUT2D eigenvalue weighted by Gasteiger charge is -2.11. The first-order valence-electron chi connectivity index (χ1n) is 6.60. The summed E-state index contributed by atoms with van der Waals surface area (Å²) in [7, 11) is 0. The molecule has 0 aliphatic heterocycles. The molecule has 0 fully saturated rings. The van der Waals surface area contributed by atoms with Crippen molar-refractivity contribution in [3.05, 3.63) is 58.3 Å². The van der Waals surface area contributed by atoms with Crippen LogP contribution in [0, 0.1) is 0 Å². The number of aromatic nitrogens is 2. The maximum atomic E-state index is 11.5. The van der Waals surface area contributed by atoms with Crippen molar-refractivity contribution in [2.75, 3.05) is 0 Å². The van der Waals surface area contributed by atoms with Crippen molar-refractivity contribution in [2.45, 2.75) is 13.3 Å². The zero-order valence-electron chi connectivity index (χ0n) is 11.4. The summed E-state index contributed by atoms with van der Waals surface area (Å²) in [5, 5.41) is 9.39. The minimum absolute atomic E-state index is 0.259. The fraction of sp³-hybridized carbons (Fsp3) is 0.125. The van der Waals surface area contributed by atoms with E-state index < -0.39 is 5.97 Å². The number of carbonyl (C=O) groups is 1. The summed E-state index contributed by atoms with van der Waals surface area (Å²) in [6, 6.07) is 11.1. The molecule has 106 valence electrons. The van der Waals surface area contributed by atoms with Crippen LogP contribution in [0.2, 0.25) is 0 Å². The van der Waals surface area contributed by atoms with E-state index >= 15 is 0 Å². The molecule has 0 amide bonds. The summed E-state index contributed by atoms with van der Waals surface area (Å²) in [5.41, 5.74) is 3.65. The van der Waals surface area contributed by atoms with E-state index in [4.69, 9.17) is 0 Å². The fourth-order valence-corrected chi connectivity index (χ4v) is 2.90. The Bertz CT molecular complexity index is 839. The second-order valence-corrected chi connectivity index (χ2v) is 5.64.